The van der Waals surface area contributed by atoms with Crippen LogP contribution in [0.1, 0.15) is 5.56 Å². The van der Waals surface area contributed by atoms with Gasteiger partial charge in [-0.3, -0.25) is 9.20 Å². The highest BCUT2D eigenvalue weighted by molar-refractivity contribution is 5.52. The maximum absolute atomic E-state index is 13.3. The van der Waals surface area contributed by atoms with Crippen LogP contribution < -0.4 is 15.4 Å². The minimum absolute atomic E-state index is 0.00280. The van der Waals surface area contributed by atoms with Crippen molar-refractivity contribution < 1.29 is 13.2 Å². The fourth-order valence-corrected chi connectivity index (χ4v) is 4.43. The Balaban J connectivity index is 1.37. The standard InChI is InChI=1S/C20H18F3N5O/c21-20(22,23)15-4-3-6-24-19(15)27-11-13-9-26(10-14(13)12-27)17-8-18(29)28-7-2-1-5-16(28)25-17/h1-8,13-14H,9-12H2. The molecular formula is C20H18F3N5O. The molecule has 6 nitrogen and oxygen atoms in total. The van der Waals surface area contributed by atoms with Crippen molar-refractivity contribution in [3.63, 3.8) is 0 Å². The fourth-order valence-electron chi connectivity index (χ4n) is 4.43. The van der Waals surface area contributed by atoms with E-state index in [9.17, 15) is 18.0 Å². The summed E-state index contributed by atoms with van der Waals surface area (Å²) in [6.07, 6.45) is -1.35. The topological polar surface area (TPSA) is 53.7 Å². The minimum atomic E-state index is -4.43. The van der Waals surface area contributed by atoms with Gasteiger partial charge in [0.05, 0.1) is 5.56 Å². The largest absolute Gasteiger partial charge is 0.419 e. The fraction of sp³-hybridized carbons (Fsp3) is 0.350. The molecule has 0 bridgehead atoms. The van der Waals surface area contributed by atoms with Crippen LogP contribution in [0.15, 0.2) is 53.6 Å². The molecule has 0 saturated carbocycles. The Morgan fingerprint density at radius 3 is 2.41 bits per heavy atom. The van der Waals surface area contributed by atoms with Crippen LogP contribution in [-0.2, 0) is 6.18 Å². The van der Waals surface area contributed by atoms with E-state index in [2.05, 4.69) is 14.9 Å². The number of halogens is 3. The molecule has 2 fully saturated rings. The third kappa shape index (κ3) is 3.10. The molecule has 2 saturated heterocycles. The van der Waals surface area contributed by atoms with Gasteiger partial charge in [-0.05, 0) is 24.3 Å². The summed E-state index contributed by atoms with van der Waals surface area (Å²) in [6.45, 7) is 2.33. The van der Waals surface area contributed by atoms with Crippen molar-refractivity contribution >= 4 is 17.3 Å². The van der Waals surface area contributed by atoms with E-state index >= 15 is 0 Å². The van der Waals surface area contributed by atoms with Gasteiger partial charge in [0.25, 0.3) is 5.56 Å². The molecule has 5 rings (SSSR count). The first-order valence-electron chi connectivity index (χ1n) is 9.41. The Labute approximate surface area is 164 Å². The van der Waals surface area contributed by atoms with Gasteiger partial charge in [0.2, 0.25) is 0 Å². The average molecular weight is 401 g/mol. The van der Waals surface area contributed by atoms with Gasteiger partial charge < -0.3 is 9.80 Å². The lowest BCUT2D eigenvalue weighted by atomic mass is 10.0. The number of nitrogens with zero attached hydrogens (tertiary/aromatic N) is 5. The summed E-state index contributed by atoms with van der Waals surface area (Å²) in [6, 6.07) is 9.30. The number of hydrogen-bond donors (Lipinski definition) is 0. The van der Waals surface area contributed by atoms with Gasteiger partial charge in [-0.15, -0.1) is 0 Å². The second-order valence-electron chi connectivity index (χ2n) is 7.58. The molecular weight excluding hydrogens is 383 g/mol. The molecule has 9 heteroatoms. The summed E-state index contributed by atoms with van der Waals surface area (Å²) >= 11 is 0. The summed E-state index contributed by atoms with van der Waals surface area (Å²) < 4.78 is 41.5. The highest BCUT2D eigenvalue weighted by Crippen LogP contribution is 2.40. The molecule has 0 N–H and O–H groups in total. The van der Waals surface area contributed by atoms with E-state index in [1.807, 2.05) is 6.07 Å². The van der Waals surface area contributed by atoms with Crippen molar-refractivity contribution in [2.45, 2.75) is 6.18 Å². The summed E-state index contributed by atoms with van der Waals surface area (Å²) in [5, 5.41) is 0. The van der Waals surface area contributed by atoms with Gasteiger partial charge in [-0.25, -0.2) is 9.97 Å². The molecule has 2 unspecified atom stereocenters. The Kier molecular flexibility index (Phi) is 4.01. The van der Waals surface area contributed by atoms with Crippen molar-refractivity contribution in [3.8, 4) is 0 Å². The number of aromatic nitrogens is 3. The van der Waals surface area contributed by atoms with Gasteiger partial charge in [0.15, 0.2) is 0 Å². The van der Waals surface area contributed by atoms with Crippen LogP contribution in [-0.4, -0.2) is 40.5 Å². The van der Waals surface area contributed by atoms with Crippen molar-refractivity contribution in [2.75, 3.05) is 36.0 Å². The van der Waals surface area contributed by atoms with Crippen LogP contribution in [0.2, 0.25) is 0 Å². The number of rotatable bonds is 2. The lowest BCUT2D eigenvalue weighted by Crippen LogP contribution is -2.31. The number of hydrogen-bond acceptors (Lipinski definition) is 5. The zero-order valence-corrected chi connectivity index (χ0v) is 15.4. The molecule has 0 aliphatic carbocycles. The Hall–Kier alpha value is -3.10. The van der Waals surface area contributed by atoms with Crippen LogP contribution >= 0.6 is 0 Å². The lowest BCUT2D eigenvalue weighted by Gasteiger charge is -2.25. The first-order chi connectivity index (χ1) is 13.9. The molecule has 0 spiro atoms. The smallest absolute Gasteiger partial charge is 0.356 e. The molecule has 5 heterocycles. The van der Waals surface area contributed by atoms with Crippen LogP contribution in [0.25, 0.3) is 5.65 Å². The molecule has 3 aromatic rings. The zero-order valence-electron chi connectivity index (χ0n) is 15.4. The van der Waals surface area contributed by atoms with Crippen LogP contribution in [0.4, 0.5) is 24.8 Å². The SMILES string of the molecule is O=c1cc(N2CC3CN(c4ncccc4C(F)(F)F)CC3C2)nc2ccccn12. The number of fused-ring (bicyclic) bond motifs is 2. The van der Waals surface area contributed by atoms with E-state index in [-0.39, 0.29) is 23.2 Å². The summed E-state index contributed by atoms with van der Waals surface area (Å²) in [5.74, 6) is 1.03. The third-order valence-electron chi connectivity index (χ3n) is 5.76. The predicted octanol–water partition coefficient (Wildman–Crippen LogP) is 2.68. The van der Waals surface area contributed by atoms with Crippen LogP contribution in [0.5, 0.6) is 0 Å². The van der Waals surface area contributed by atoms with Gasteiger partial charge in [0, 0.05) is 56.5 Å². The summed E-state index contributed by atoms with van der Waals surface area (Å²) in [5.41, 5.74) is -0.259. The highest BCUT2D eigenvalue weighted by Gasteiger charge is 2.43. The van der Waals surface area contributed by atoms with E-state index in [0.717, 1.165) is 6.07 Å². The molecule has 3 aromatic heterocycles. The van der Waals surface area contributed by atoms with E-state index in [1.165, 1.54) is 22.7 Å². The summed E-state index contributed by atoms with van der Waals surface area (Å²) in [4.78, 5) is 24.7. The second-order valence-corrected chi connectivity index (χ2v) is 7.58. The quantitative estimate of drug-likeness (QED) is 0.661. The molecule has 0 amide bonds. The normalized spacial score (nSPS) is 21.8. The molecule has 29 heavy (non-hydrogen) atoms. The maximum atomic E-state index is 13.3. The molecule has 2 atom stereocenters. The molecule has 0 radical (unpaired) electrons. The zero-order chi connectivity index (χ0) is 20.2. The van der Waals surface area contributed by atoms with E-state index in [0.29, 0.717) is 37.6 Å². The van der Waals surface area contributed by atoms with Gasteiger partial charge >= 0.3 is 6.18 Å². The number of alkyl halides is 3. The van der Waals surface area contributed by atoms with Crippen molar-refractivity contribution in [3.05, 3.63) is 64.7 Å². The monoisotopic (exact) mass is 401 g/mol. The number of anilines is 2. The van der Waals surface area contributed by atoms with Gasteiger partial charge in [-0.1, -0.05) is 6.07 Å². The Morgan fingerprint density at radius 2 is 1.69 bits per heavy atom. The van der Waals surface area contributed by atoms with E-state index in [4.69, 9.17) is 0 Å². The van der Waals surface area contributed by atoms with Crippen LogP contribution in [0.3, 0.4) is 0 Å². The molecule has 2 aliphatic heterocycles. The summed E-state index contributed by atoms with van der Waals surface area (Å²) in [7, 11) is 0. The lowest BCUT2D eigenvalue weighted by molar-refractivity contribution is -0.137. The Morgan fingerprint density at radius 1 is 0.966 bits per heavy atom. The van der Waals surface area contributed by atoms with E-state index in [1.54, 1.807) is 23.2 Å². The van der Waals surface area contributed by atoms with Crippen molar-refractivity contribution in [1.29, 1.82) is 0 Å². The minimum Gasteiger partial charge on any atom is -0.356 e. The Bertz CT molecular complexity index is 1110. The second kappa shape index (κ2) is 6.47. The first kappa shape index (κ1) is 18.0. The highest BCUT2D eigenvalue weighted by atomic mass is 19.4. The van der Waals surface area contributed by atoms with Crippen LogP contribution in [0, 0.1) is 11.8 Å². The molecule has 0 aromatic carbocycles. The predicted molar refractivity (Wildman–Crippen MR) is 102 cm³/mol. The molecule has 2 aliphatic rings. The first-order valence-corrected chi connectivity index (χ1v) is 9.41. The van der Waals surface area contributed by atoms with Gasteiger partial charge in [-0.2, -0.15) is 13.2 Å². The number of pyridine rings is 2. The van der Waals surface area contributed by atoms with Crippen molar-refractivity contribution in [1.82, 2.24) is 14.4 Å². The average Bonchev–Trinajstić information content (AvgIpc) is 3.26. The van der Waals surface area contributed by atoms with Gasteiger partial charge in [0.1, 0.15) is 17.3 Å². The third-order valence-corrected chi connectivity index (χ3v) is 5.76. The van der Waals surface area contributed by atoms with E-state index < -0.39 is 11.7 Å². The van der Waals surface area contributed by atoms with Crippen molar-refractivity contribution in [2.24, 2.45) is 11.8 Å². The maximum Gasteiger partial charge on any atom is 0.419 e. The molecule has 150 valence electrons.